The maximum Gasteiger partial charge on any atom is 0.297 e. The number of hydrogen-bond acceptors (Lipinski definition) is 5. The number of nitro benzene ring substituents is 1. The molecule has 2 aromatic rings. The third-order valence-electron chi connectivity index (χ3n) is 2.37. The van der Waals surface area contributed by atoms with Gasteiger partial charge in [0.1, 0.15) is 0 Å². The van der Waals surface area contributed by atoms with Gasteiger partial charge in [-0.3, -0.25) is 10.1 Å². The SMILES string of the molecule is CC(N)c1cn(-c2c(F)cccc2[N+](=O)[O-])nn1. The molecule has 0 aliphatic carbocycles. The van der Waals surface area contributed by atoms with Crippen molar-refractivity contribution in [2.24, 2.45) is 5.73 Å². The zero-order valence-electron chi connectivity index (χ0n) is 9.45. The fourth-order valence-electron chi connectivity index (χ4n) is 1.47. The summed E-state index contributed by atoms with van der Waals surface area (Å²) in [4.78, 5) is 10.2. The van der Waals surface area contributed by atoms with Gasteiger partial charge in [-0.1, -0.05) is 11.3 Å². The molecule has 0 spiro atoms. The summed E-state index contributed by atoms with van der Waals surface area (Å²) in [5.41, 5.74) is 5.39. The molecule has 1 unspecified atom stereocenters. The molecule has 7 nitrogen and oxygen atoms in total. The molecule has 94 valence electrons. The van der Waals surface area contributed by atoms with Crippen molar-refractivity contribution in [3.63, 3.8) is 0 Å². The van der Waals surface area contributed by atoms with E-state index in [1.54, 1.807) is 6.92 Å². The quantitative estimate of drug-likeness (QED) is 0.655. The third kappa shape index (κ3) is 2.05. The van der Waals surface area contributed by atoms with Gasteiger partial charge in [0.2, 0.25) is 0 Å². The van der Waals surface area contributed by atoms with Crippen LogP contribution in [0.15, 0.2) is 24.4 Å². The van der Waals surface area contributed by atoms with E-state index < -0.39 is 10.7 Å². The average Bonchev–Trinajstić information content (AvgIpc) is 2.77. The first kappa shape index (κ1) is 12.1. The van der Waals surface area contributed by atoms with Gasteiger partial charge < -0.3 is 5.73 Å². The van der Waals surface area contributed by atoms with Gasteiger partial charge in [-0.15, -0.1) is 5.10 Å². The molecule has 1 heterocycles. The molecule has 0 bridgehead atoms. The third-order valence-corrected chi connectivity index (χ3v) is 2.37. The molecule has 2 N–H and O–H groups in total. The molecule has 0 aliphatic heterocycles. The summed E-state index contributed by atoms with van der Waals surface area (Å²) in [5.74, 6) is -0.745. The Morgan fingerprint density at radius 2 is 2.28 bits per heavy atom. The number of para-hydroxylation sites is 1. The molecule has 1 aromatic carbocycles. The first-order valence-corrected chi connectivity index (χ1v) is 5.12. The molecule has 0 saturated heterocycles. The summed E-state index contributed by atoms with van der Waals surface area (Å²) in [6.07, 6.45) is 1.37. The second-order valence-electron chi connectivity index (χ2n) is 3.74. The fourth-order valence-corrected chi connectivity index (χ4v) is 1.47. The summed E-state index contributed by atoms with van der Waals surface area (Å²) in [6, 6.07) is 3.20. The van der Waals surface area contributed by atoms with Crippen LogP contribution in [0.25, 0.3) is 5.69 Å². The van der Waals surface area contributed by atoms with E-state index in [4.69, 9.17) is 5.73 Å². The highest BCUT2D eigenvalue weighted by Gasteiger charge is 2.21. The lowest BCUT2D eigenvalue weighted by Crippen LogP contribution is -2.05. The van der Waals surface area contributed by atoms with Gasteiger partial charge in [-0.25, -0.2) is 9.07 Å². The number of benzene rings is 1. The molecular formula is C10H10FN5O2. The Kier molecular flexibility index (Phi) is 3.02. The monoisotopic (exact) mass is 251 g/mol. The van der Waals surface area contributed by atoms with Crippen LogP contribution in [-0.2, 0) is 0 Å². The number of hydrogen-bond donors (Lipinski definition) is 1. The summed E-state index contributed by atoms with van der Waals surface area (Å²) in [5, 5.41) is 18.2. The van der Waals surface area contributed by atoms with Crippen molar-refractivity contribution in [3.05, 3.63) is 46.0 Å². The summed E-state index contributed by atoms with van der Waals surface area (Å²) < 4.78 is 14.7. The highest BCUT2D eigenvalue weighted by atomic mass is 19.1. The second-order valence-corrected chi connectivity index (χ2v) is 3.74. The summed E-state index contributed by atoms with van der Waals surface area (Å²) >= 11 is 0. The van der Waals surface area contributed by atoms with Crippen LogP contribution in [-0.4, -0.2) is 19.9 Å². The van der Waals surface area contributed by atoms with Crippen LogP contribution in [0, 0.1) is 15.9 Å². The number of aromatic nitrogens is 3. The van der Waals surface area contributed by atoms with Gasteiger partial charge in [0.25, 0.3) is 5.69 Å². The smallest absolute Gasteiger partial charge is 0.297 e. The number of halogens is 1. The molecule has 0 saturated carbocycles. The minimum Gasteiger partial charge on any atom is -0.323 e. The van der Waals surface area contributed by atoms with Gasteiger partial charge in [0, 0.05) is 12.1 Å². The Labute approximate surface area is 101 Å². The Morgan fingerprint density at radius 1 is 1.56 bits per heavy atom. The van der Waals surface area contributed by atoms with E-state index >= 15 is 0 Å². The zero-order chi connectivity index (χ0) is 13.3. The van der Waals surface area contributed by atoms with Crippen molar-refractivity contribution in [1.29, 1.82) is 0 Å². The van der Waals surface area contributed by atoms with Gasteiger partial charge in [-0.05, 0) is 13.0 Å². The van der Waals surface area contributed by atoms with E-state index in [0.717, 1.165) is 10.7 Å². The van der Waals surface area contributed by atoms with Crippen LogP contribution in [0.1, 0.15) is 18.7 Å². The fraction of sp³-hybridized carbons (Fsp3) is 0.200. The van der Waals surface area contributed by atoms with Crippen LogP contribution in [0.2, 0.25) is 0 Å². The Hall–Kier alpha value is -2.35. The first-order valence-electron chi connectivity index (χ1n) is 5.12. The first-order chi connectivity index (χ1) is 8.50. The van der Waals surface area contributed by atoms with E-state index in [0.29, 0.717) is 5.69 Å². The van der Waals surface area contributed by atoms with E-state index in [9.17, 15) is 14.5 Å². The van der Waals surface area contributed by atoms with Crippen LogP contribution in [0.5, 0.6) is 0 Å². The molecule has 0 radical (unpaired) electrons. The molecule has 0 fully saturated rings. The molecule has 1 atom stereocenters. The van der Waals surface area contributed by atoms with Gasteiger partial charge in [0.05, 0.1) is 16.8 Å². The lowest BCUT2D eigenvalue weighted by molar-refractivity contribution is -0.384. The van der Waals surface area contributed by atoms with Crippen molar-refractivity contribution in [1.82, 2.24) is 15.0 Å². The normalized spacial score (nSPS) is 12.4. The topological polar surface area (TPSA) is 99.9 Å². The maximum atomic E-state index is 13.7. The summed E-state index contributed by atoms with van der Waals surface area (Å²) in [6.45, 7) is 1.68. The maximum absolute atomic E-state index is 13.7. The number of rotatable bonds is 3. The molecular weight excluding hydrogens is 241 g/mol. The minimum absolute atomic E-state index is 0.248. The lowest BCUT2D eigenvalue weighted by atomic mass is 10.2. The molecule has 8 heteroatoms. The van der Waals surface area contributed by atoms with Crippen molar-refractivity contribution in [2.45, 2.75) is 13.0 Å². The second kappa shape index (κ2) is 4.49. The zero-order valence-corrected chi connectivity index (χ0v) is 9.45. The molecule has 1 aromatic heterocycles. The highest BCUT2D eigenvalue weighted by Crippen LogP contribution is 2.25. The van der Waals surface area contributed by atoms with E-state index in [-0.39, 0.29) is 17.4 Å². The number of nitrogens with two attached hydrogens (primary N) is 1. The van der Waals surface area contributed by atoms with Gasteiger partial charge >= 0.3 is 0 Å². The largest absolute Gasteiger partial charge is 0.323 e. The lowest BCUT2D eigenvalue weighted by Gasteiger charge is -2.03. The standard InChI is InChI=1S/C10H10FN5O2/c1-6(12)8-5-15(14-13-8)10-7(11)3-2-4-9(10)16(17)18/h2-6H,12H2,1H3. The van der Waals surface area contributed by atoms with Gasteiger partial charge in [0.15, 0.2) is 11.5 Å². The van der Waals surface area contributed by atoms with Crippen LogP contribution < -0.4 is 5.73 Å². The van der Waals surface area contributed by atoms with E-state index in [1.807, 2.05) is 0 Å². The van der Waals surface area contributed by atoms with Crippen molar-refractivity contribution in [2.75, 3.05) is 0 Å². The van der Waals surface area contributed by atoms with Gasteiger partial charge in [-0.2, -0.15) is 0 Å². The number of nitrogens with zero attached hydrogens (tertiary/aromatic N) is 4. The van der Waals surface area contributed by atoms with Crippen molar-refractivity contribution < 1.29 is 9.31 Å². The minimum atomic E-state index is -0.745. The molecule has 0 amide bonds. The predicted octanol–water partition coefficient (Wildman–Crippen LogP) is 1.33. The predicted molar refractivity (Wildman–Crippen MR) is 60.6 cm³/mol. The molecule has 2 rings (SSSR count). The highest BCUT2D eigenvalue weighted by molar-refractivity contribution is 5.52. The van der Waals surface area contributed by atoms with E-state index in [1.165, 1.54) is 18.3 Å². The average molecular weight is 251 g/mol. The Balaban J connectivity index is 2.58. The Morgan fingerprint density at radius 3 is 2.83 bits per heavy atom. The van der Waals surface area contributed by atoms with Crippen LogP contribution >= 0.6 is 0 Å². The van der Waals surface area contributed by atoms with Crippen LogP contribution in [0.3, 0.4) is 0 Å². The van der Waals surface area contributed by atoms with Crippen LogP contribution in [0.4, 0.5) is 10.1 Å². The number of nitro groups is 1. The van der Waals surface area contributed by atoms with E-state index in [2.05, 4.69) is 10.3 Å². The van der Waals surface area contributed by atoms with Crippen molar-refractivity contribution in [3.8, 4) is 5.69 Å². The Bertz CT molecular complexity index is 596. The molecule has 0 aliphatic rings. The molecule has 18 heavy (non-hydrogen) atoms. The summed E-state index contributed by atoms with van der Waals surface area (Å²) in [7, 11) is 0. The van der Waals surface area contributed by atoms with Crippen molar-refractivity contribution >= 4 is 5.69 Å².